The molecular weight excluding hydrogens is 563 g/mol. The quantitative estimate of drug-likeness (QED) is 0.112. The molecule has 3 rings (SSSR count). The lowest BCUT2D eigenvalue weighted by Crippen LogP contribution is -2.36. The number of esters is 1. The van der Waals surface area contributed by atoms with Crippen LogP contribution < -0.4 is 9.30 Å². The number of H-pyrrole nitrogens is 1. The highest BCUT2D eigenvalue weighted by Crippen LogP contribution is 2.34. The molecule has 0 atom stereocenters. The number of nitrogens with zero attached hydrogens (tertiary/aromatic N) is 2. The second-order valence-electron chi connectivity index (χ2n) is 11.5. The molecule has 7 nitrogen and oxygen atoms in total. The zero-order chi connectivity index (χ0) is 29.9. The fourth-order valence-electron chi connectivity index (χ4n) is 3.84. The summed E-state index contributed by atoms with van der Waals surface area (Å²) in [6, 6.07) is 7.78. The molecule has 0 aliphatic rings. The van der Waals surface area contributed by atoms with E-state index in [0.29, 0.717) is 18.1 Å². The monoisotopic (exact) mass is 598 g/mol. The third kappa shape index (κ3) is 8.08. The molecule has 0 aliphatic carbocycles. The fourth-order valence-corrected chi connectivity index (χ4v) is 4.86. The van der Waals surface area contributed by atoms with Crippen molar-refractivity contribution in [1.29, 1.82) is 0 Å². The molecule has 0 radical (unpaired) electrons. The van der Waals surface area contributed by atoms with E-state index in [1.807, 2.05) is 6.92 Å². The van der Waals surface area contributed by atoms with Gasteiger partial charge in [0.05, 0.1) is 23.1 Å². The molecule has 0 spiro atoms. The van der Waals surface area contributed by atoms with Crippen molar-refractivity contribution in [2.24, 2.45) is 5.41 Å². The number of aromatic amines is 1. The summed E-state index contributed by atoms with van der Waals surface area (Å²) in [6.45, 7) is 12.4. The lowest BCUT2D eigenvalue weighted by atomic mass is 9.95. The molecule has 0 saturated carbocycles. The molecule has 0 bridgehead atoms. The molecule has 1 N–H and O–H groups in total. The number of rotatable bonds is 11. The van der Waals surface area contributed by atoms with Gasteiger partial charge in [0.2, 0.25) is 11.6 Å². The SMILES string of the molecule is COC(=O)C(C)(C)COc1cc(C)c(-c2ccc(-c3[nH]c(C(F)(F)F)c[n+]3COCC[Si](C)(C)C)c(Cl)c2)cn1. The maximum Gasteiger partial charge on any atom is 0.457 e. The Bertz CT molecular complexity index is 1350. The minimum absolute atomic E-state index is 0.0399. The molecule has 2 aromatic heterocycles. The smallest absolute Gasteiger partial charge is 0.457 e. The number of halogens is 4. The minimum Gasteiger partial charge on any atom is -0.476 e. The molecule has 3 aromatic rings. The molecule has 0 saturated heterocycles. The van der Waals surface area contributed by atoms with E-state index >= 15 is 0 Å². The summed E-state index contributed by atoms with van der Waals surface area (Å²) in [5.74, 6) is 0.158. The van der Waals surface area contributed by atoms with E-state index in [2.05, 4.69) is 29.6 Å². The second kappa shape index (κ2) is 12.3. The van der Waals surface area contributed by atoms with Crippen LogP contribution in [0, 0.1) is 12.3 Å². The maximum atomic E-state index is 13.5. The van der Waals surface area contributed by atoms with Crippen LogP contribution in [0.1, 0.15) is 25.1 Å². The van der Waals surface area contributed by atoms with Crippen LogP contribution in [0.25, 0.3) is 22.5 Å². The van der Waals surface area contributed by atoms with E-state index in [9.17, 15) is 18.0 Å². The van der Waals surface area contributed by atoms with Crippen LogP contribution in [0.15, 0.2) is 36.7 Å². The molecule has 1 aromatic carbocycles. The van der Waals surface area contributed by atoms with E-state index < -0.39 is 25.4 Å². The van der Waals surface area contributed by atoms with Crippen molar-refractivity contribution in [3.8, 4) is 28.4 Å². The molecule has 0 fully saturated rings. The standard InChI is InChI=1S/C28H35ClF3N3O4Si/c1-18-12-24(39-16-27(2,3)26(36)37-4)33-14-21(18)19-8-9-20(22(29)13-19)25-34-23(28(30,31)32)15-35(25)17-38-10-11-40(5,6)7/h8-9,12-15H,10-11,16-17H2,1-7H3/p+1. The molecule has 2 heterocycles. The summed E-state index contributed by atoms with van der Waals surface area (Å²) in [7, 11) is -0.0229. The van der Waals surface area contributed by atoms with Gasteiger partial charge in [-0.2, -0.15) is 13.2 Å². The van der Waals surface area contributed by atoms with Gasteiger partial charge in [-0.15, -0.1) is 0 Å². The Kier molecular flexibility index (Phi) is 9.74. The molecule has 0 unspecified atom stereocenters. The third-order valence-corrected chi connectivity index (χ3v) is 8.31. The van der Waals surface area contributed by atoms with E-state index in [4.69, 9.17) is 25.8 Å². The van der Waals surface area contributed by atoms with Crippen LogP contribution in [0.5, 0.6) is 5.88 Å². The molecular formula is C28H36ClF3N3O4Si+. The average Bonchev–Trinajstić information content (AvgIpc) is 3.29. The van der Waals surface area contributed by atoms with Crippen LogP contribution >= 0.6 is 11.6 Å². The Hall–Kier alpha value is -2.89. The van der Waals surface area contributed by atoms with Crippen LogP contribution in [0.4, 0.5) is 13.2 Å². The lowest BCUT2D eigenvalue weighted by molar-refractivity contribution is -0.721. The first-order valence-corrected chi connectivity index (χ1v) is 16.9. The number of alkyl halides is 3. The molecule has 40 heavy (non-hydrogen) atoms. The van der Waals surface area contributed by atoms with Crippen LogP contribution in [-0.4, -0.2) is 44.3 Å². The number of carbonyl (C=O) groups is 1. The van der Waals surface area contributed by atoms with Gasteiger partial charge in [-0.05, 0) is 50.1 Å². The van der Waals surface area contributed by atoms with E-state index in [1.165, 1.54) is 11.7 Å². The number of aromatic nitrogens is 3. The van der Waals surface area contributed by atoms with Gasteiger partial charge in [0.25, 0.3) is 5.82 Å². The summed E-state index contributed by atoms with van der Waals surface area (Å²) in [5.41, 5.74) is 1.04. The normalized spacial score (nSPS) is 12.5. The van der Waals surface area contributed by atoms with Crippen molar-refractivity contribution >= 4 is 25.6 Å². The van der Waals surface area contributed by atoms with Crippen LogP contribution in [-0.2, 0) is 27.2 Å². The number of hydrogen-bond acceptors (Lipinski definition) is 5. The van der Waals surface area contributed by atoms with Gasteiger partial charge in [0.1, 0.15) is 12.8 Å². The van der Waals surface area contributed by atoms with Crippen molar-refractivity contribution in [1.82, 2.24) is 9.97 Å². The van der Waals surface area contributed by atoms with E-state index in [-0.39, 0.29) is 30.2 Å². The third-order valence-electron chi connectivity index (χ3n) is 6.30. The highest BCUT2D eigenvalue weighted by atomic mass is 35.5. The average molecular weight is 599 g/mol. The summed E-state index contributed by atoms with van der Waals surface area (Å²) >= 11 is 6.62. The summed E-state index contributed by atoms with van der Waals surface area (Å²) < 4.78 is 58.2. The first-order valence-electron chi connectivity index (χ1n) is 12.8. The largest absolute Gasteiger partial charge is 0.476 e. The van der Waals surface area contributed by atoms with Crippen LogP contribution in [0.3, 0.4) is 0 Å². The number of aryl methyl sites for hydroxylation is 1. The van der Waals surface area contributed by atoms with Crippen molar-refractivity contribution < 1.29 is 36.7 Å². The number of carbonyl (C=O) groups excluding carboxylic acids is 1. The predicted octanol–water partition coefficient (Wildman–Crippen LogP) is 6.90. The van der Waals surface area contributed by atoms with Gasteiger partial charge in [-0.3, -0.25) is 4.79 Å². The highest BCUT2D eigenvalue weighted by Gasteiger charge is 2.39. The highest BCUT2D eigenvalue weighted by molar-refractivity contribution is 6.76. The lowest BCUT2D eigenvalue weighted by Gasteiger charge is -2.21. The Balaban J connectivity index is 1.85. The van der Waals surface area contributed by atoms with E-state index in [0.717, 1.165) is 28.9 Å². The van der Waals surface area contributed by atoms with Crippen molar-refractivity contribution in [3.63, 3.8) is 0 Å². The molecule has 218 valence electrons. The number of benzene rings is 1. The number of methoxy groups -OCH3 is 1. The second-order valence-corrected chi connectivity index (χ2v) is 17.6. The number of pyridine rings is 1. The molecule has 12 heteroatoms. The van der Waals surface area contributed by atoms with Crippen LogP contribution in [0.2, 0.25) is 30.7 Å². The maximum absolute atomic E-state index is 13.5. The number of ether oxygens (including phenoxy) is 3. The van der Waals surface area contributed by atoms with Crippen molar-refractivity contribution in [3.05, 3.63) is 52.9 Å². The Morgan fingerprint density at radius 1 is 1.15 bits per heavy atom. The summed E-state index contributed by atoms with van der Waals surface area (Å²) in [5, 5.41) is 0.267. The topological polar surface area (TPSA) is 77.3 Å². The summed E-state index contributed by atoms with van der Waals surface area (Å²) in [4.78, 5) is 18.7. The number of imidazole rings is 1. The fraction of sp³-hybridized carbons (Fsp3) is 0.464. The Morgan fingerprint density at radius 3 is 2.42 bits per heavy atom. The van der Waals surface area contributed by atoms with Gasteiger partial charge in [0.15, 0.2) is 6.73 Å². The zero-order valence-electron chi connectivity index (χ0n) is 23.8. The van der Waals surface area contributed by atoms with Gasteiger partial charge in [-0.25, -0.2) is 14.5 Å². The first kappa shape index (κ1) is 31.6. The van der Waals surface area contributed by atoms with Gasteiger partial charge in [-0.1, -0.05) is 37.3 Å². The Morgan fingerprint density at radius 2 is 1.85 bits per heavy atom. The predicted molar refractivity (Wildman–Crippen MR) is 150 cm³/mol. The Labute approximate surface area is 238 Å². The zero-order valence-corrected chi connectivity index (χ0v) is 25.6. The van der Waals surface area contributed by atoms with Gasteiger partial charge >= 0.3 is 12.1 Å². The number of hydrogen-bond donors (Lipinski definition) is 1. The molecule has 0 aliphatic heterocycles. The number of nitrogens with one attached hydrogen (secondary N) is 1. The first-order chi connectivity index (χ1) is 18.5. The van der Waals surface area contributed by atoms with Crippen molar-refractivity contribution in [2.45, 2.75) is 59.4 Å². The molecule has 0 amide bonds. The van der Waals surface area contributed by atoms with Gasteiger partial charge < -0.3 is 14.2 Å². The van der Waals surface area contributed by atoms with E-state index in [1.54, 1.807) is 44.3 Å². The minimum atomic E-state index is -4.55. The summed E-state index contributed by atoms with van der Waals surface area (Å²) in [6.07, 6.45) is -1.92. The van der Waals surface area contributed by atoms with Crippen molar-refractivity contribution in [2.75, 3.05) is 20.3 Å². The van der Waals surface area contributed by atoms with Gasteiger partial charge in [0, 0.05) is 32.5 Å².